The van der Waals surface area contributed by atoms with Gasteiger partial charge in [0.25, 0.3) is 0 Å². The van der Waals surface area contributed by atoms with E-state index < -0.39 is 0 Å². The summed E-state index contributed by atoms with van der Waals surface area (Å²) in [6.45, 7) is 2.09. The van der Waals surface area contributed by atoms with Gasteiger partial charge in [0.1, 0.15) is 0 Å². The summed E-state index contributed by atoms with van der Waals surface area (Å²) in [5, 5.41) is 5.38. The van der Waals surface area contributed by atoms with Gasteiger partial charge in [-0.05, 0) is 24.6 Å². The Bertz CT molecular complexity index is 431. The van der Waals surface area contributed by atoms with E-state index >= 15 is 0 Å². The monoisotopic (exact) mass is 224 g/mol. The molecule has 0 atom stereocenters. The standard InChI is InChI=1S/C9H9BrN2/c1-6-3-8(10)4-7-5-11-12(2)9(6)7/h3-5H,1-2H3. The third-order valence-electron chi connectivity index (χ3n) is 1.99. The highest BCUT2D eigenvalue weighted by Gasteiger charge is 2.02. The number of benzene rings is 1. The number of aryl methyl sites for hydroxylation is 2. The zero-order chi connectivity index (χ0) is 8.72. The van der Waals surface area contributed by atoms with Gasteiger partial charge in [-0.2, -0.15) is 5.10 Å². The Morgan fingerprint density at radius 2 is 2.17 bits per heavy atom. The summed E-state index contributed by atoms with van der Waals surface area (Å²) in [6, 6.07) is 4.18. The largest absolute Gasteiger partial charge is 0.268 e. The second-order valence-corrected chi connectivity index (χ2v) is 3.84. The first-order chi connectivity index (χ1) is 5.68. The second kappa shape index (κ2) is 2.59. The van der Waals surface area contributed by atoms with Gasteiger partial charge in [0.15, 0.2) is 0 Å². The van der Waals surface area contributed by atoms with Crippen molar-refractivity contribution in [1.29, 1.82) is 0 Å². The minimum Gasteiger partial charge on any atom is -0.268 e. The van der Waals surface area contributed by atoms with Crippen molar-refractivity contribution in [2.45, 2.75) is 6.92 Å². The molecule has 2 aromatic rings. The Balaban J connectivity index is 2.93. The van der Waals surface area contributed by atoms with Crippen molar-refractivity contribution < 1.29 is 0 Å². The Morgan fingerprint density at radius 1 is 1.42 bits per heavy atom. The molecule has 0 saturated heterocycles. The maximum atomic E-state index is 4.19. The molecule has 0 amide bonds. The van der Waals surface area contributed by atoms with Crippen LogP contribution in [-0.4, -0.2) is 9.78 Å². The molecule has 0 radical (unpaired) electrons. The Kier molecular flexibility index (Phi) is 1.68. The zero-order valence-corrected chi connectivity index (χ0v) is 8.59. The minimum absolute atomic E-state index is 1.11. The predicted octanol–water partition coefficient (Wildman–Crippen LogP) is 2.64. The van der Waals surface area contributed by atoms with Gasteiger partial charge in [-0.1, -0.05) is 15.9 Å². The number of hydrogen-bond acceptors (Lipinski definition) is 1. The van der Waals surface area contributed by atoms with Crippen LogP contribution in [0.2, 0.25) is 0 Å². The van der Waals surface area contributed by atoms with Crippen LogP contribution in [0.1, 0.15) is 5.56 Å². The molecule has 1 heterocycles. The molecule has 62 valence electrons. The van der Waals surface area contributed by atoms with E-state index in [0.717, 1.165) is 4.47 Å². The summed E-state index contributed by atoms with van der Waals surface area (Å²) in [6.07, 6.45) is 1.88. The van der Waals surface area contributed by atoms with Gasteiger partial charge in [0.2, 0.25) is 0 Å². The topological polar surface area (TPSA) is 17.8 Å². The highest BCUT2D eigenvalue weighted by Crippen LogP contribution is 2.22. The minimum atomic E-state index is 1.11. The van der Waals surface area contributed by atoms with Crippen molar-refractivity contribution in [2.24, 2.45) is 7.05 Å². The highest BCUT2D eigenvalue weighted by molar-refractivity contribution is 9.10. The summed E-state index contributed by atoms with van der Waals surface area (Å²) in [5.41, 5.74) is 2.46. The van der Waals surface area contributed by atoms with Crippen molar-refractivity contribution in [3.63, 3.8) is 0 Å². The van der Waals surface area contributed by atoms with Gasteiger partial charge in [-0.15, -0.1) is 0 Å². The molecule has 1 aromatic heterocycles. The van der Waals surface area contributed by atoms with E-state index in [-0.39, 0.29) is 0 Å². The van der Waals surface area contributed by atoms with Crippen LogP contribution in [0.3, 0.4) is 0 Å². The van der Waals surface area contributed by atoms with Crippen LogP contribution in [0.25, 0.3) is 10.9 Å². The molecule has 0 aliphatic carbocycles. The van der Waals surface area contributed by atoms with Gasteiger partial charge in [0.05, 0.1) is 11.7 Å². The first-order valence-electron chi connectivity index (χ1n) is 3.76. The van der Waals surface area contributed by atoms with Gasteiger partial charge in [0, 0.05) is 16.9 Å². The SMILES string of the molecule is Cc1cc(Br)cc2cnn(C)c12. The third-order valence-corrected chi connectivity index (χ3v) is 2.45. The van der Waals surface area contributed by atoms with Crippen molar-refractivity contribution in [3.05, 3.63) is 28.4 Å². The average Bonchev–Trinajstić information content (AvgIpc) is 2.31. The first kappa shape index (κ1) is 7.80. The lowest BCUT2D eigenvalue weighted by molar-refractivity contribution is 0.794. The highest BCUT2D eigenvalue weighted by atomic mass is 79.9. The fourth-order valence-electron chi connectivity index (χ4n) is 1.51. The quantitative estimate of drug-likeness (QED) is 0.673. The average molecular weight is 225 g/mol. The molecule has 2 rings (SSSR count). The van der Waals surface area contributed by atoms with E-state index in [1.54, 1.807) is 0 Å². The number of aromatic nitrogens is 2. The lowest BCUT2D eigenvalue weighted by Crippen LogP contribution is -1.90. The predicted molar refractivity (Wildman–Crippen MR) is 53.2 cm³/mol. The summed E-state index contributed by atoms with van der Waals surface area (Å²) in [4.78, 5) is 0. The summed E-state index contributed by atoms with van der Waals surface area (Å²) >= 11 is 3.46. The normalized spacial score (nSPS) is 10.9. The third kappa shape index (κ3) is 1.05. The number of rotatable bonds is 0. The number of fused-ring (bicyclic) bond motifs is 1. The lowest BCUT2D eigenvalue weighted by Gasteiger charge is -1.99. The van der Waals surface area contributed by atoms with E-state index in [1.165, 1.54) is 16.5 Å². The molecule has 0 saturated carbocycles. The van der Waals surface area contributed by atoms with E-state index in [9.17, 15) is 0 Å². The van der Waals surface area contributed by atoms with E-state index in [0.29, 0.717) is 0 Å². The fourth-order valence-corrected chi connectivity index (χ4v) is 2.10. The molecule has 12 heavy (non-hydrogen) atoms. The molecule has 2 nitrogen and oxygen atoms in total. The van der Waals surface area contributed by atoms with Crippen LogP contribution >= 0.6 is 15.9 Å². The van der Waals surface area contributed by atoms with Gasteiger partial charge < -0.3 is 0 Å². The fraction of sp³-hybridized carbons (Fsp3) is 0.222. The Labute approximate surface area is 79.3 Å². The van der Waals surface area contributed by atoms with Crippen LogP contribution in [0, 0.1) is 6.92 Å². The maximum absolute atomic E-state index is 4.19. The molecule has 0 N–H and O–H groups in total. The van der Waals surface area contributed by atoms with Crippen LogP contribution in [0.4, 0.5) is 0 Å². The lowest BCUT2D eigenvalue weighted by atomic mass is 10.2. The van der Waals surface area contributed by atoms with Crippen molar-refractivity contribution in [2.75, 3.05) is 0 Å². The molecule has 0 bridgehead atoms. The molecule has 0 fully saturated rings. The zero-order valence-electron chi connectivity index (χ0n) is 7.00. The summed E-state index contributed by atoms with van der Waals surface area (Å²) in [5.74, 6) is 0. The maximum Gasteiger partial charge on any atom is 0.0708 e. The Hall–Kier alpha value is -0.830. The van der Waals surface area contributed by atoms with Crippen LogP contribution in [0.15, 0.2) is 22.8 Å². The molecule has 3 heteroatoms. The molecule has 0 aliphatic rings. The van der Waals surface area contributed by atoms with E-state index in [1.807, 2.05) is 17.9 Å². The number of hydrogen-bond donors (Lipinski definition) is 0. The smallest absolute Gasteiger partial charge is 0.0708 e. The van der Waals surface area contributed by atoms with E-state index in [2.05, 4.69) is 40.1 Å². The van der Waals surface area contributed by atoms with Crippen LogP contribution in [-0.2, 0) is 7.05 Å². The van der Waals surface area contributed by atoms with Crippen LogP contribution < -0.4 is 0 Å². The molecular weight excluding hydrogens is 216 g/mol. The first-order valence-corrected chi connectivity index (χ1v) is 4.55. The Morgan fingerprint density at radius 3 is 2.92 bits per heavy atom. The second-order valence-electron chi connectivity index (χ2n) is 2.93. The molecule has 1 aromatic carbocycles. The van der Waals surface area contributed by atoms with Crippen LogP contribution in [0.5, 0.6) is 0 Å². The summed E-state index contributed by atoms with van der Waals surface area (Å²) in [7, 11) is 1.96. The molecule has 0 spiro atoms. The van der Waals surface area contributed by atoms with E-state index in [4.69, 9.17) is 0 Å². The number of nitrogens with zero attached hydrogens (tertiary/aromatic N) is 2. The number of halogens is 1. The molecule has 0 unspecified atom stereocenters. The van der Waals surface area contributed by atoms with Crippen molar-refractivity contribution >= 4 is 26.8 Å². The molecular formula is C9H9BrN2. The van der Waals surface area contributed by atoms with Gasteiger partial charge >= 0.3 is 0 Å². The van der Waals surface area contributed by atoms with Crippen molar-refractivity contribution in [3.8, 4) is 0 Å². The van der Waals surface area contributed by atoms with Gasteiger partial charge in [-0.3, -0.25) is 4.68 Å². The van der Waals surface area contributed by atoms with Crippen molar-refractivity contribution in [1.82, 2.24) is 9.78 Å². The summed E-state index contributed by atoms with van der Waals surface area (Å²) < 4.78 is 3.01. The van der Waals surface area contributed by atoms with Gasteiger partial charge in [-0.25, -0.2) is 0 Å². The molecule has 0 aliphatic heterocycles.